The van der Waals surface area contributed by atoms with Crippen LogP contribution in [0, 0.1) is 0 Å². The molecule has 0 aromatic carbocycles. The van der Waals surface area contributed by atoms with Crippen LogP contribution in [0.25, 0.3) is 0 Å². The third-order valence-corrected chi connectivity index (χ3v) is 1.10. The molecule has 10 heavy (non-hydrogen) atoms. The van der Waals surface area contributed by atoms with Crippen LogP contribution in [-0.4, -0.2) is 22.4 Å². The molecule has 0 amide bonds. The Balaban J connectivity index is 4.11. The number of isothiocyanates is 2. The lowest BCUT2D eigenvalue weighted by Crippen LogP contribution is -2.20. The molecule has 0 aliphatic carbocycles. The fourth-order valence-corrected chi connectivity index (χ4v) is 0.696. The maximum Gasteiger partial charge on any atom is 0.0857 e. The van der Waals surface area contributed by atoms with Gasteiger partial charge in [-0.15, -0.1) is 0 Å². The van der Waals surface area contributed by atoms with Crippen LogP contribution in [-0.2, 0) is 0 Å². The highest BCUT2D eigenvalue weighted by atomic mass is 32.1. The number of thiocarbonyl (C=S) groups is 2. The van der Waals surface area contributed by atoms with Crippen molar-refractivity contribution in [1.29, 1.82) is 0 Å². The van der Waals surface area contributed by atoms with Gasteiger partial charge in [0, 0.05) is 0 Å². The molecule has 2 nitrogen and oxygen atoms in total. The van der Waals surface area contributed by atoms with E-state index in [1.54, 1.807) is 0 Å². The van der Waals surface area contributed by atoms with Crippen LogP contribution in [0.5, 0.6) is 0 Å². The second kappa shape index (κ2) is 4.42. The Morgan fingerprint density at radius 1 is 1.30 bits per heavy atom. The summed E-state index contributed by atoms with van der Waals surface area (Å²) in [5.41, 5.74) is -0.284. The first-order valence-corrected chi connectivity index (χ1v) is 3.57. The predicted molar refractivity (Wildman–Crippen MR) is 49.0 cm³/mol. The van der Waals surface area contributed by atoms with E-state index in [-0.39, 0.29) is 5.54 Å². The van der Waals surface area contributed by atoms with E-state index in [1.165, 1.54) is 0 Å². The van der Waals surface area contributed by atoms with E-state index in [4.69, 9.17) is 0 Å². The Hall–Kier alpha value is -0.400. The number of hydrogen-bond acceptors (Lipinski definition) is 4. The van der Waals surface area contributed by atoms with Gasteiger partial charge in [0.25, 0.3) is 0 Å². The van der Waals surface area contributed by atoms with E-state index < -0.39 is 0 Å². The van der Waals surface area contributed by atoms with Gasteiger partial charge in [-0.3, -0.25) is 0 Å². The number of rotatable bonds is 3. The van der Waals surface area contributed by atoms with Gasteiger partial charge in [0.05, 0.1) is 22.4 Å². The summed E-state index contributed by atoms with van der Waals surface area (Å²) in [6.07, 6.45) is 0. The zero-order valence-corrected chi connectivity index (χ0v) is 7.55. The van der Waals surface area contributed by atoms with Gasteiger partial charge in [-0.1, -0.05) is 0 Å². The van der Waals surface area contributed by atoms with Crippen molar-refractivity contribution in [2.45, 2.75) is 19.4 Å². The molecule has 0 unspecified atom stereocenters. The molecule has 0 spiro atoms. The molecular formula is C6H8N2S2. The average Bonchev–Trinajstić information content (AvgIpc) is 1.84. The molecule has 0 saturated carbocycles. The molecule has 0 saturated heterocycles. The summed E-state index contributed by atoms with van der Waals surface area (Å²) < 4.78 is 0. The fourth-order valence-electron chi connectivity index (χ4n) is 0.385. The summed E-state index contributed by atoms with van der Waals surface area (Å²) in [6, 6.07) is 0. The molecule has 4 heteroatoms. The third-order valence-electron chi connectivity index (χ3n) is 0.879. The zero-order chi connectivity index (χ0) is 8.04. The quantitative estimate of drug-likeness (QED) is 0.480. The maximum absolute atomic E-state index is 4.45. The standard InChI is InChI=1S/C6H8N2S2/c1-6(2,8-5-10)3-7-4-9/h3H2,1-2H3. The monoisotopic (exact) mass is 172 g/mol. The summed E-state index contributed by atoms with van der Waals surface area (Å²) >= 11 is 8.85. The molecule has 0 atom stereocenters. The van der Waals surface area contributed by atoms with E-state index in [1.807, 2.05) is 13.8 Å². The van der Waals surface area contributed by atoms with Crippen LogP contribution < -0.4 is 0 Å². The molecular weight excluding hydrogens is 164 g/mol. The topological polar surface area (TPSA) is 24.7 Å². The summed E-state index contributed by atoms with van der Waals surface area (Å²) in [7, 11) is 0. The Morgan fingerprint density at radius 3 is 2.30 bits per heavy atom. The normalized spacial score (nSPS) is 9.40. The van der Waals surface area contributed by atoms with Gasteiger partial charge >= 0.3 is 0 Å². The van der Waals surface area contributed by atoms with E-state index in [2.05, 4.69) is 44.7 Å². The molecule has 0 aliphatic rings. The van der Waals surface area contributed by atoms with Crippen molar-refractivity contribution in [2.75, 3.05) is 6.54 Å². The highest BCUT2D eigenvalue weighted by Crippen LogP contribution is 2.06. The molecule has 0 bridgehead atoms. The molecule has 0 radical (unpaired) electrons. The van der Waals surface area contributed by atoms with Gasteiger partial charge in [-0.25, -0.2) is 9.98 Å². The van der Waals surface area contributed by atoms with Crippen molar-refractivity contribution in [3.63, 3.8) is 0 Å². The lowest BCUT2D eigenvalue weighted by atomic mass is 10.1. The minimum atomic E-state index is -0.284. The van der Waals surface area contributed by atoms with E-state index >= 15 is 0 Å². The summed E-state index contributed by atoms with van der Waals surface area (Å²) in [4.78, 5) is 7.63. The van der Waals surface area contributed by atoms with Crippen molar-refractivity contribution in [3.05, 3.63) is 0 Å². The van der Waals surface area contributed by atoms with Gasteiger partial charge in [-0.05, 0) is 38.3 Å². The molecule has 0 aromatic rings. The van der Waals surface area contributed by atoms with Crippen LogP contribution in [0.15, 0.2) is 9.98 Å². The van der Waals surface area contributed by atoms with Gasteiger partial charge in [0.15, 0.2) is 0 Å². The Kier molecular flexibility index (Phi) is 4.24. The fraction of sp³-hybridized carbons (Fsp3) is 0.667. The molecule has 0 aliphatic heterocycles. The largest absolute Gasteiger partial charge is 0.230 e. The van der Waals surface area contributed by atoms with E-state index in [9.17, 15) is 0 Å². The Bertz CT molecular complexity index is 198. The van der Waals surface area contributed by atoms with Gasteiger partial charge in [0.2, 0.25) is 0 Å². The van der Waals surface area contributed by atoms with Gasteiger partial charge in [0.1, 0.15) is 0 Å². The molecule has 0 fully saturated rings. The van der Waals surface area contributed by atoms with Crippen LogP contribution in [0.4, 0.5) is 0 Å². The number of aliphatic imine (C=N–C) groups is 2. The van der Waals surface area contributed by atoms with Crippen molar-refractivity contribution in [1.82, 2.24) is 0 Å². The second-order valence-electron chi connectivity index (χ2n) is 2.42. The molecule has 0 aromatic heterocycles. The third kappa shape index (κ3) is 4.48. The highest BCUT2D eigenvalue weighted by molar-refractivity contribution is 7.78. The predicted octanol–water partition coefficient (Wildman–Crippen LogP) is 1.97. The lowest BCUT2D eigenvalue weighted by Gasteiger charge is -2.12. The Labute approximate surface area is 71.1 Å². The second-order valence-corrected chi connectivity index (χ2v) is 2.79. The van der Waals surface area contributed by atoms with E-state index in [0.717, 1.165) is 0 Å². The van der Waals surface area contributed by atoms with Crippen LogP contribution in [0.2, 0.25) is 0 Å². The first-order chi connectivity index (χ1) is 4.62. The summed E-state index contributed by atoms with van der Waals surface area (Å²) in [6.45, 7) is 4.32. The van der Waals surface area contributed by atoms with Crippen molar-refractivity contribution in [3.8, 4) is 0 Å². The van der Waals surface area contributed by atoms with Gasteiger partial charge in [-0.2, -0.15) is 0 Å². The smallest absolute Gasteiger partial charge is 0.0857 e. The molecule has 0 N–H and O–H groups in total. The van der Waals surface area contributed by atoms with Crippen molar-refractivity contribution >= 4 is 34.8 Å². The highest BCUT2D eigenvalue weighted by Gasteiger charge is 2.13. The molecule has 54 valence electrons. The lowest BCUT2D eigenvalue weighted by molar-refractivity contribution is 0.542. The number of hydrogen-bond donors (Lipinski definition) is 0. The Morgan fingerprint density at radius 2 is 1.90 bits per heavy atom. The van der Waals surface area contributed by atoms with Gasteiger partial charge < -0.3 is 0 Å². The van der Waals surface area contributed by atoms with Crippen LogP contribution in [0.1, 0.15) is 13.8 Å². The minimum Gasteiger partial charge on any atom is -0.230 e. The van der Waals surface area contributed by atoms with Crippen LogP contribution >= 0.6 is 24.4 Å². The van der Waals surface area contributed by atoms with E-state index in [0.29, 0.717) is 6.54 Å². The number of nitrogens with zero attached hydrogens (tertiary/aromatic N) is 2. The summed E-state index contributed by atoms with van der Waals surface area (Å²) in [5, 5.41) is 4.57. The van der Waals surface area contributed by atoms with Crippen LogP contribution in [0.3, 0.4) is 0 Å². The first kappa shape index (κ1) is 9.60. The van der Waals surface area contributed by atoms with Crippen molar-refractivity contribution in [2.24, 2.45) is 9.98 Å². The maximum atomic E-state index is 4.45. The first-order valence-electron chi connectivity index (χ1n) is 2.75. The summed E-state index contributed by atoms with van der Waals surface area (Å²) in [5.74, 6) is 0. The SMILES string of the molecule is CC(C)(CN=C=S)N=C=S. The molecule has 0 rings (SSSR count). The minimum absolute atomic E-state index is 0.284. The zero-order valence-electron chi connectivity index (χ0n) is 5.92. The van der Waals surface area contributed by atoms with Crippen molar-refractivity contribution < 1.29 is 0 Å². The average molecular weight is 172 g/mol. The molecule has 0 heterocycles.